The summed E-state index contributed by atoms with van der Waals surface area (Å²) < 4.78 is 20.6. The molecule has 4 heteroatoms. The van der Waals surface area contributed by atoms with Gasteiger partial charge in [-0.3, -0.25) is 0 Å². The molecule has 1 unspecified atom stereocenters. The van der Waals surface area contributed by atoms with Crippen LogP contribution in [0.5, 0.6) is 0 Å². The van der Waals surface area contributed by atoms with Crippen molar-refractivity contribution in [2.45, 2.75) is 76.9 Å². The number of amides is 1. The molecular weight excluding hydrogens is 365 g/mol. The lowest BCUT2D eigenvalue weighted by Crippen LogP contribution is -2.37. The van der Waals surface area contributed by atoms with Crippen molar-refractivity contribution in [2.24, 2.45) is 0 Å². The Morgan fingerprint density at radius 2 is 1.83 bits per heavy atom. The quantitative estimate of drug-likeness (QED) is 0.440. The lowest BCUT2D eigenvalue weighted by molar-refractivity contribution is 0.0775. The molecule has 1 aliphatic carbocycles. The average Bonchev–Trinajstić information content (AvgIpc) is 3.49. The third kappa shape index (κ3) is 5.59. The van der Waals surface area contributed by atoms with Crippen molar-refractivity contribution in [1.29, 1.82) is 0 Å². The number of hydrogen-bond acceptors (Lipinski definition) is 2. The molecule has 1 N–H and O–H groups in total. The predicted molar refractivity (Wildman–Crippen MR) is 115 cm³/mol. The fourth-order valence-electron chi connectivity index (χ4n) is 3.86. The molecule has 1 fully saturated rings. The van der Waals surface area contributed by atoms with E-state index in [4.69, 9.17) is 4.74 Å². The smallest absolute Gasteiger partial charge is 0.408 e. The SMILES string of the molecule is CCCCCC(CCC)NC(=O)OC1(c2ccc(-c3ccccc3)c(F)c2)CC1. The zero-order chi connectivity index (χ0) is 20.7. The first-order chi connectivity index (χ1) is 14.1. The van der Waals surface area contributed by atoms with Crippen molar-refractivity contribution < 1.29 is 13.9 Å². The molecule has 3 nitrogen and oxygen atoms in total. The van der Waals surface area contributed by atoms with Gasteiger partial charge in [-0.2, -0.15) is 0 Å². The molecule has 1 aliphatic rings. The van der Waals surface area contributed by atoms with Gasteiger partial charge in [-0.15, -0.1) is 0 Å². The maximum atomic E-state index is 14.8. The van der Waals surface area contributed by atoms with E-state index in [0.717, 1.165) is 56.1 Å². The monoisotopic (exact) mass is 397 g/mol. The minimum Gasteiger partial charge on any atom is -0.438 e. The first kappa shape index (κ1) is 21.4. The molecule has 0 bridgehead atoms. The highest BCUT2D eigenvalue weighted by Gasteiger charge is 2.49. The normalized spacial score (nSPS) is 15.6. The molecule has 29 heavy (non-hydrogen) atoms. The molecule has 2 aromatic carbocycles. The number of unbranched alkanes of at least 4 members (excludes halogenated alkanes) is 2. The Morgan fingerprint density at radius 3 is 2.45 bits per heavy atom. The maximum absolute atomic E-state index is 14.8. The van der Waals surface area contributed by atoms with Gasteiger partial charge >= 0.3 is 6.09 Å². The van der Waals surface area contributed by atoms with Crippen LogP contribution in [-0.4, -0.2) is 12.1 Å². The number of hydrogen-bond donors (Lipinski definition) is 1. The summed E-state index contributed by atoms with van der Waals surface area (Å²) in [5.41, 5.74) is 1.46. The summed E-state index contributed by atoms with van der Waals surface area (Å²) in [6, 6.07) is 14.8. The third-order valence-corrected chi connectivity index (χ3v) is 5.69. The highest BCUT2D eigenvalue weighted by molar-refractivity contribution is 5.69. The highest BCUT2D eigenvalue weighted by atomic mass is 19.1. The Morgan fingerprint density at radius 1 is 1.07 bits per heavy atom. The summed E-state index contributed by atoms with van der Waals surface area (Å²) >= 11 is 0. The summed E-state index contributed by atoms with van der Waals surface area (Å²) in [6.07, 6.45) is 7.48. The van der Waals surface area contributed by atoms with Gasteiger partial charge in [-0.1, -0.05) is 82.0 Å². The zero-order valence-electron chi connectivity index (χ0n) is 17.5. The number of halogens is 1. The fraction of sp³-hybridized carbons (Fsp3) is 0.480. The molecular formula is C25H32FNO2. The van der Waals surface area contributed by atoms with Gasteiger partial charge in [-0.25, -0.2) is 9.18 Å². The van der Waals surface area contributed by atoms with Crippen molar-refractivity contribution >= 4 is 6.09 Å². The molecule has 3 rings (SSSR count). The number of ether oxygens (including phenoxy) is 1. The van der Waals surface area contributed by atoms with E-state index in [1.165, 1.54) is 12.5 Å². The number of alkyl carbamates (subject to hydrolysis) is 1. The highest BCUT2D eigenvalue weighted by Crippen LogP contribution is 2.50. The lowest BCUT2D eigenvalue weighted by atomic mass is 10.00. The second-order valence-electron chi connectivity index (χ2n) is 8.07. The van der Waals surface area contributed by atoms with Gasteiger partial charge in [0, 0.05) is 11.6 Å². The van der Waals surface area contributed by atoms with Crippen LogP contribution in [0.15, 0.2) is 48.5 Å². The number of nitrogens with one attached hydrogen (secondary N) is 1. The van der Waals surface area contributed by atoms with Crippen molar-refractivity contribution in [3.05, 3.63) is 59.9 Å². The van der Waals surface area contributed by atoms with Crippen LogP contribution in [0.1, 0.15) is 70.8 Å². The van der Waals surface area contributed by atoms with Crippen molar-refractivity contribution in [3.8, 4) is 11.1 Å². The van der Waals surface area contributed by atoms with Crippen LogP contribution in [0.4, 0.5) is 9.18 Å². The fourth-order valence-corrected chi connectivity index (χ4v) is 3.86. The second kappa shape index (κ2) is 9.91. The van der Waals surface area contributed by atoms with E-state index < -0.39 is 5.60 Å². The second-order valence-corrected chi connectivity index (χ2v) is 8.07. The molecule has 1 saturated carbocycles. The topological polar surface area (TPSA) is 38.3 Å². The molecule has 156 valence electrons. The van der Waals surface area contributed by atoms with Gasteiger partial charge in [0.2, 0.25) is 0 Å². The zero-order valence-corrected chi connectivity index (χ0v) is 17.5. The first-order valence-electron chi connectivity index (χ1n) is 10.9. The lowest BCUT2D eigenvalue weighted by Gasteiger charge is -2.22. The average molecular weight is 398 g/mol. The van der Waals surface area contributed by atoms with E-state index in [2.05, 4.69) is 19.2 Å². The van der Waals surface area contributed by atoms with Crippen LogP contribution in [-0.2, 0) is 10.3 Å². The van der Waals surface area contributed by atoms with E-state index in [9.17, 15) is 9.18 Å². The standard InChI is InChI=1S/C25H32FNO2/c1-3-5-7-13-21(10-4-2)27-24(28)29-25(16-17-25)20-14-15-22(23(26)18-20)19-11-8-6-9-12-19/h6,8-9,11-12,14-15,18,21H,3-5,7,10,13,16-17H2,1-2H3,(H,27,28). The number of rotatable bonds is 10. The van der Waals surface area contributed by atoms with Crippen molar-refractivity contribution in [1.82, 2.24) is 5.32 Å². The summed E-state index contributed by atoms with van der Waals surface area (Å²) in [7, 11) is 0. The van der Waals surface area contributed by atoms with E-state index in [-0.39, 0.29) is 18.0 Å². The molecule has 0 aromatic heterocycles. The Hall–Kier alpha value is -2.36. The number of benzene rings is 2. The minimum atomic E-state index is -0.680. The van der Waals surface area contributed by atoms with E-state index in [1.54, 1.807) is 6.07 Å². The molecule has 0 saturated heterocycles. The van der Waals surface area contributed by atoms with Gasteiger partial charge in [0.25, 0.3) is 0 Å². The van der Waals surface area contributed by atoms with Gasteiger partial charge in [0.15, 0.2) is 0 Å². The first-order valence-corrected chi connectivity index (χ1v) is 10.9. The van der Waals surface area contributed by atoms with Crippen molar-refractivity contribution in [2.75, 3.05) is 0 Å². The van der Waals surface area contributed by atoms with Crippen LogP contribution >= 0.6 is 0 Å². The Balaban J connectivity index is 1.65. The minimum absolute atomic E-state index is 0.145. The number of carbonyl (C=O) groups is 1. The van der Waals surface area contributed by atoms with Crippen LogP contribution < -0.4 is 5.32 Å². The molecule has 2 aromatic rings. The maximum Gasteiger partial charge on any atom is 0.408 e. The van der Waals surface area contributed by atoms with Crippen LogP contribution in [0.2, 0.25) is 0 Å². The molecule has 1 amide bonds. The van der Waals surface area contributed by atoms with Crippen LogP contribution in [0, 0.1) is 5.82 Å². The summed E-state index contributed by atoms with van der Waals surface area (Å²) in [4.78, 5) is 12.5. The number of carbonyl (C=O) groups excluding carboxylic acids is 1. The third-order valence-electron chi connectivity index (χ3n) is 5.69. The summed E-state index contributed by atoms with van der Waals surface area (Å²) in [5.74, 6) is -0.285. The van der Waals surface area contributed by atoms with Gasteiger partial charge < -0.3 is 10.1 Å². The van der Waals surface area contributed by atoms with Gasteiger partial charge in [-0.05, 0) is 42.9 Å². The Bertz CT molecular complexity index is 802. The Labute approximate surface area is 173 Å². The molecule has 0 heterocycles. The van der Waals surface area contributed by atoms with E-state index in [0.29, 0.717) is 5.56 Å². The molecule has 0 aliphatic heterocycles. The van der Waals surface area contributed by atoms with Crippen LogP contribution in [0.25, 0.3) is 11.1 Å². The largest absolute Gasteiger partial charge is 0.438 e. The Kier molecular flexibility index (Phi) is 7.29. The van der Waals surface area contributed by atoms with E-state index in [1.807, 2.05) is 36.4 Å². The summed E-state index contributed by atoms with van der Waals surface area (Å²) in [6.45, 7) is 4.30. The van der Waals surface area contributed by atoms with Crippen molar-refractivity contribution in [3.63, 3.8) is 0 Å². The van der Waals surface area contributed by atoms with Gasteiger partial charge in [0.1, 0.15) is 11.4 Å². The summed E-state index contributed by atoms with van der Waals surface area (Å²) in [5, 5.41) is 3.04. The van der Waals surface area contributed by atoms with E-state index >= 15 is 0 Å². The predicted octanol–water partition coefficient (Wildman–Crippen LogP) is 6.96. The van der Waals surface area contributed by atoms with Gasteiger partial charge in [0.05, 0.1) is 0 Å². The molecule has 1 atom stereocenters. The molecule has 0 spiro atoms. The van der Waals surface area contributed by atoms with Crippen LogP contribution in [0.3, 0.4) is 0 Å². The molecule has 0 radical (unpaired) electrons.